The molecule has 1 N–H and O–H groups in total. The third kappa shape index (κ3) is 2.64. The minimum absolute atomic E-state index is 0.237. The molecule has 0 amide bonds. The Labute approximate surface area is 99.3 Å². The number of aromatic carboxylic acids is 1. The number of carboxylic acids is 1. The number of carbonyl (C=O) groups is 1. The summed E-state index contributed by atoms with van der Waals surface area (Å²) in [5, 5.41) is 8.87. The molecular formula is C13H15NO3. The number of benzene rings is 1. The summed E-state index contributed by atoms with van der Waals surface area (Å²) in [7, 11) is 0. The van der Waals surface area contributed by atoms with Gasteiger partial charge in [-0.05, 0) is 30.5 Å². The molecular weight excluding hydrogens is 218 g/mol. The smallest absolute Gasteiger partial charge is 0.335 e. The summed E-state index contributed by atoms with van der Waals surface area (Å²) in [5.74, 6) is 0.328. The van der Waals surface area contributed by atoms with Gasteiger partial charge in [0.15, 0.2) is 11.5 Å². The summed E-state index contributed by atoms with van der Waals surface area (Å²) in [6.07, 6.45) is 1.80. The van der Waals surface area contributed by atoms with E-state index < -0.39 is 5.97 Å². The second-order valence-electron chi connectivity index (χ2n) is 4.53. The van der Waals surface area contributed by atoms with E-state index in [-0.39, 0.29) is 5.56 Å². The lowest BCUT2D eigenvalue weighted by molar-refractivity contribution is 0.0697. The van der Waals surface area contributed by atoms with Gasteiger partial charge in [-0.2, -0.15) is 0 Å². The molecule has 2 rings (SSSR count). The van der Waals surface area contributed by atoms with Crippen LogP contribution in [0.15, 0.2) is 22.6 Å². The summed E-state index contributed by atoms with van der Waals surface area (Å²) in [4.78, 5) is 15.1. The molecule has 90 valence electrons. The minimum atomic E-state index is -0.946. The molecule has 0 fully saturated rings. The van der Waals surface area contributed by atoms with Gasteiger partial charge >= 0.3 is 5.97 Å². The van der Waals surface area contributed by atoms with E-state index in [0.29, 0.717) is 22.9 Å². The van der Waals surface area contributed by atoms with E-state index >= 15 is 0 Å². The minimum Gasteiger partial charge on any atom is -0.478 e. The fourth-order valence-electron chi connectivity index (χ4n) is 1.63. The van der Waals surface area contributed by atoms with Crippen LogP contribution in [0, 0.1) is 5.92 Å². The van der Waals surface area contributed by atoms with Crippen LogP contribution < -0.4 is 0 Å². The number of hydrogen-bond donors (Lipinski definition) is 1. The molecule has 0 bridgehead atoms. The average Bonchev–Trinajstić information content (AvgIpc) is 2.67. The average molecular weight is 233 g/mol. The number of carboxylic acid groups (broad SMARTS) is 1. The van der Waals surface area contributed by atoms with Crippen molar-refractivity contribution in [3.05, 3.63) is 29.7 Å². The maximum atomic E-state index is 10.8. The van der Waals surface area contributed by atoms with Crippen molar-refractivity contribution in [2.75, 3.05) is 0 Å². The van der Waals surface area contributed by atoms with Crippen LogP contribution in [0.2, 0.25) is 0 Å². The van der Waals surface area contributed by atoms with E-state index in [4.69, 9.17) is 9.52 Å². The van der Waals surface area contributed by atoms with Crippen LogP contribution in [-0.2, 0) is 6.42 Å². The number of rotatable bonds is 4. The molecule has 0 aliphatic carbocycles. The Hall–Kier alpha value is -1.84. The molecule has 0 atom stereocenters. The van der Waals surface area contributed by atoms with Gasteiger partial charge in [0.2, 0.25) is 0 Å². The Morgan fingerprint density at radius 1 is 1.47 bits per heavy atom. The predicted octanol–water partition coefficient (Wildman–Crippen LogP) is 3.11. The van der Waals surface area contributed by atoms with E-state index in [1.807, 2.05) is 0 Å². The number of fused-ring (bicyclic) bond motifs is 1. The van der Waals surface area contributed by atoms with Gasteiger partial charge in [-0.3, -0.25) is 0 Å². The lowest BCUT2D eigenvalue weighted by Crippen LogP contribution is -1.94. The van der Waals surface area contributed by atoms with Crippen LogP contribution in [0.1, 0.15) is 36.5 Å². The SMILES string of the molecule is CC(C)CCc1nc2cc(C(=O)O)ccc2o1. The quantitative estimate of drug-likeness (QED) is 0.881. The zero-order valence-corrected chi connectivity index (χ0v) is 9.93. The number of hydrogen-bond acceptors (Lipinski definition) is 3. The van der Waals surface area contributed by atoms with E-state index in [9.17, 15) is 4.79 Å². The first kappa shape index (κ1) is 11.6. The van der Waals surface area contributed by atoms with E-state index in [1.54, 1.807) is 12.1 Å². The first-order chi connectivity index (χ1) is 8.06. The monoisotopic (exact) mass is 233 g/mol. The number of aryl methyl sites for hydroxylation is 1. The van der Waals surface area contributed by atoms with Gasteiger partial charge in [0, 0.05) is 6.42 Å². The van der Waals surface area contributed by atoms with Gasteiger partial charge in [-0.25, -0.2) is 9.78 Å². The maximum absolute atomic E-state index is 10.8. The molecule has 0 unspecified atom stereocenters. The second kappa shape index (κ2) is 4.57. The number of oxazole rings is 1. The first-order valence-corrected chi connectivity index (χ1v) is 5.69. The predicted molar refractivity (Wildman–Crippen MR) is 64.1 cm³/mol. The Bertz CT molecular complexity index is 543. The summed E-state index contributed by atoms with van der Waals surface area (Å²) in [6.45, 7) is 4.29. The molecule has 0 saturated heterocycles. The van der Waals surface area contributed by atoms with Crippen LogP contribution in [0.5, 0.6) is 0 Å². The van der Waals surface area contributed by atoms with Crippen molar-refractivity contribution in [3.63, 3.8) is 0 Å². The van der Waals surface area contributed by atoms with Crippen molar-refractivity contribution >= 4 is 17.1 Å². The Morgan fingerprint density at radius 2 is 2.24 bits per heavy atom. The van der Waals surface area contributed by atoms with Crippen molar-refractivity contribution < 1.29 is 14.3 Å². The topological polar surface area (TPSA) is 63.3 Å². The van der Waals surface area contributed by atoms with Crippen LogP contribution in [0.25, 0.3) is 11.1 Å². The second-order valence-corrected chi connectivity index (χ2v) is 4.53. The van der Waals surface area contributed by atoms with Gasteiger partial charge in [0.05, 0.1) is 5.56 Å². The van der Waals surface area contributed by atoms with Gasteiger partial charge in [0.25, 0.3) is 0 Å². The molecule has 1 aromatic carbocycles. The molecule has 1 heterocycles. The van der Waals surface area contributed by atoms with Gasteiger partial charge in [-0.1, -0.05) is 13.8 Å². The van der Waals surface area contributed by atoms with Crippen LogP contribution >= 0.6 is 0 Å². The molecule has 0 spiro atoms. The number of nitrogens with zero attached hydrogens (tertiary/aromatic N) is 1. The Kier molecular flexibility index (Phi) is 3.13. The standard InChI is InChI=1S/C13H15NO3/c1-8(2)3-6-12-14-10-7-9(13(15)16)4-5-11(10)17-12/h4-5,7-8H,3,6H2,1-2H3,(H,15,16). The number of aromatic nitrogens is 1. The molecule has 2 aromatic rings. The molecule has 17 heavy (non-hydrogen) atoms. The van der Waals surface area contributed by atoms with E-state index in [1.165, 1.54) is 6.07 Å². The normalized spacial score (nSPS) is 11.2. The summed E-state index contributed by atoms with van der Waals surface area (Å²) < 4.78 is 5.55. The molecule has 0 aliphatic rings. The highest BCUT2D eigenvalue weighted by Gasteiger charge is 2.09. The van der Waals surface area contributed by atoms with Crippen LogP contribution in [-0.4, -0.2) is 16.1 Å². The fourth-order valence-corrected chi connectivity index (χ4v) is 1.63. The highest BCUT2D eigenvalue weighted by molar-refractivity contribution is 5.91. The van der Waals surface area contributed by atoms with E-state index in [2.05, 4.69) is 18.8 Å². The van der Waals surface area contributed by atoms with Crippen molar-refractivity contribution in [1.29, 1.82) is 0 Å². The lowest BCUT2D eigenvalue weighted by Gasteiger charge is -1.99. The zero-order valence-electron chi connectivity index (χ0n) is 9.93. The van der Waals surface area contributed by atoms with Crippen LogP contribution in [0.3, 0.4) is 0 Å². The van der Waals surface area contributed by atoms with Crippen molar-refractivity contribution in [2.24, 2.45) is 5.92 Å². The molecule has 4 heteroatoms. The van der Waals surface area contributed by atoms with Gasteiger partial charge in [-0.15, -0.1) is 0 Å². The van der Waals surface area contributed by atoms with Crippen molar-refractivity contribution in [3.8, 4) is 0 Å². The van der Waals surface area contributed by atoms with Crippen LogP contribution in [0.4, 0.5) is 0 Å². The van der Waals surface area contributed by atoms with Gasteiger partial charge in [0.1, 0.15) is 5.52 Å². The summed E-state index contributed by atoms with van der Waals surface area (Å²) in [5.41, 5.74) is 1.50. The maximum Gasteiger partial charge on any atom is 0.335 e. The molecule has 0 aliphatic heterocycles. The Balaban J connectivity index is 2.27. The molecule has 0 radical (unpaired) electrons. The highest BCUT2D eigenvalue weighted by Crippen LogP contribution is 2.19. The molecule has 1 aromatic heterocycles. The van der Waals surface area contributed by atoms with Gasteiger partial charge < -0.3 is 9.52 Å². The molecule has 4 nitrogen and oxygen atoms in total. The first-order valence-electron chi connectivity index (χ1n) is 5.69. The zero-order chi connectivity index (χ0) is 12.4. The van der Waals surface area contributed by atoms with Crippen molar-refractivity contribution in [2.45, 2.75) is 26.7 Å². The van der Waals surface area contributed by atoms with E-state index in [0.717, 1.165) is 12.8 Å². The third-order valence-corrected chi connectivity index (χ3v) is 2.61. The van der Waals surface area contributed by atoms with Crippen molar-refractivity contribution in [1.82, 2.24) is 4.98 Å². The summed E-state index contributed by atoms with van der Waals surface area (Å²) in [6, 6.07) is 4.73. The summed E-state index contributed by atoms with van der Waals surface area (Å²) >= 11 is 0. The molecule has 0 saturated carbocycles. The Morgan fingerprint density at radius 3 is 2.88 bits per heavy atom. The highest BCUT2D eigenvalue weighted by atomic mass is 16.4. The largest absolute Gasteiger partial charge is 0.478 e. The lowest BCUT2D eigenvalue weighted by atomic mass is 10.1. The third-order valence-electron chi connectivity index (χ3n) is 2.61. The fraction of sp³-hybridized carbons (Fsp3) is 0.385.